The fourth-order valence-corrected chi connectivity index (χ4v) is 4.74. The molecule has 3 aromatic heterocycles. The van der Waals surface area contributed by atoms with E-state index in [4.69, 9.17) is 11.6 Å². The molecule has 0 spiro atoms. The number of nitrogens with zero attached hydrogens (tertiary/aromatic N) is 3. The fraction of sp³-hybridized carbons (Fsp3) is 0.364. The van der Waals surface area contributed by atoms with E-state index in [0.29, 0.717) is 22.5 Å². The zero-order valence-electron chi connectivity index (χ0n) is 16.2. The highest BCUT2D eigenvalue weighted by atomic mass is 35.5. The summed E-state index contributed by atoms with van der Waals surface area (Å²) in [6.07, 6.45) is 5.94. The maximum Gasteiger partial charge on any atom is 0.173 e. The van der Waals surface area contributed by atoms with Gasteiger partial charge in [-0.05, 0) is 67.1 Å². The Kier molecular flexibility index (Phi) is 4.37. The summed E-state index contributed by atoms with van der Waals surface area (Å²) >= 11 is 6.47. The third kappa shape index (κ3) is 2.90. The van der Waals surface area contributed by atoms with Gasteiger partial charge < -0.3 is 10.3 Å². The summed E-state index contributed by atoms with van der Waals surface area (Å²) in [6.45, 7) is 6.71. The van der Waals surface area contributed by atoms with Crippen LogP contribution in [0.5, 0.6) is 0 Å². The lowest BCUT2D eigenvalue weighted by atomic mass is 9.88. The van der Waals surface area contributed by atoms with Gasteiger partial charge in [0.05, 0.1) is 10.7 Å². The van der Waals surface area contributed by atoms with Crippen LogP contribution in [0.3, 0.4) is 0 Å². The van der Waals surface area contributed by atoms with E-state index in [9.17, 15) is 0 Å². The summed E-state index contributed by atoms with van der Waals surface area (Å²) in [5.74, 6) is 1.03. The molecule has 0 atom stereocenters. The number of aromatic amines is 1. The van der Waals surface area contributed by atoms with Crippen molar-refractivity contribution in [2.24, 2.45) is 0 Å². The molecular weight excluding hydrogens is 370 g/mol. The molecule has 28 heavy (non-hydrogen) atoms. The Morgan fingerprint density at radius 1 is 1.18 bits per heavy atom. The summed E-state index contributed by atoms with van der Waals surface area (Å²) in [5.41, 5.74) is 6.79. The quantitative estimate of drug-likeness (QED) is 0.507. The number of benzene rings is 1. The molecule has 6 heteroatoms. The van der Waals surface area contributed by atoms with Crippen molar-refractivity contribution in [3.63, 3.8) is 0 Å². The van der Waals surface area contributed by atoms with Crippen molar-refractivity contribution in [2.75, 3.05) is 13.1 Å². The molecule has 0 aliphatic carbocycles. The third-order valence-electron chi connectivity index (χ3n) is 5.87. The standard InChI is InChI=1S/C22H24ClN5/c1-13(2)20-17-9-15(14-5-7-24-8-6-14)3-4-19(17)27-21(20)16-10-18(23)22-25-12-26-28(22)11-16/h3-4,9-14,24,27H,5-8H2,1-2H3. The molecule has 4 heterocycles. The average Bonchev–Trinajstić information content (AvgIpc) is 3.32. The molecule has 1 aliphatic rings. The van der Waals surface area contributed by atoms with Crippen LogP contribution in [0.25, 0.3) is 27.8 Å². The van der Waals surface area contributed by atoms with Crippen LogP contribution < -0.4 is 5.32 Å². The van der Waals surface area contributed by atoms with Gasteiger partial charge in [0, 0.05) is 22.7 Å². The molecule has 2 N–H and O–H groups in total. The summed E-state index contributed by atoms with van der Waals surface area (Å²) < 4.78 is 1.74. The van der Waals surface area contributed by atoms with E-state index in [1.165, 1.54) is 41.2 Å². The van der Waals surface area contributed by atoms with Crippen LogP contribution >= 0.6 is 11.6 Å². The molecule has 0 saturated carbocycles. The molecule has 1 saturated heterocycles. The van der Waals surface area contributed by atoms with Gasteiger partial charge in [0.25, 0.3) is 0 Å². The highest BCUT2D eigenvalue weighted by Crippen LogP contribution is 2.38. The number of aromatic nitrogens is 4. The van der Waals surface area contributed by atoms with Crippen LogP contribution in [0.4, 0.5) is 0 Å². The molecule has 1 aliphatic heterocycles. The van der Waals surface area contributed by atoms with Gasteiger partial charge in [0.1, 0.15) is 6.33 Å². The highest BCUT2D eigenvalue weighted by Gasteiger charge is 2.20. The largest absolute Gasteiger partial charge is 0.354 e. The first kappa shape index (κ1) is 17.7. The smallest absolute Gasteiger partial charge is 0.173 e. The minimum Gasteiger partial charge on any atom is -0.354 e. The van der Waals surface area contributed by atoms with Gasteiger partial charge >= 0.3 is 0 Å². The minimum atomic E-state index is 0.386. The first-order valence-corrected chi connectivity index (χ1v) is 10.3. The first-order chi connectivity index (χ1) is 13.6. The lowest BCUT2D eigenvalue weighted by Gasteiger charge is -2.23. The summed E-state index contributed by atoms with van der Waals surface area (Å²) in [5, 5.41) is 9.66. The van der Waals surface area contributed by atoms with Crippen molar-refractivity contribution in [1.82, 2.24) is 24.9 Å². The van der Waals surface area contributed by atoms with E-state index in [1.54, 1.807) is 4.52 Å². The highest BCUT2D eigenvalue weighted by molar-refractivity contribution is 6.33. The van der Waals surface area contributed by atoms with Crippen LogP contribution in [-0.2, 0) is 0 Å². The Labute approximate surface area is 169 Å². The Bertz CT molecular complexity index is 1150. The van der Waals surface area contributed by atoms with E-state index in [-0.39, 0.29) is 0 Å². The number of H-pyrrole nitrogens is 1. The molecular formula is C22H24ClN5. The predicted molar refractivity (Wildman–Crippen MR) is 114 cm³/mol. The van der Waals surface area contributed by atoms with Crippen LogP contribution in [0, 0.1) is 0 Å². The second-order valence-electron chi connectivity index (χ2n) is 8.00. The molecule has 0 unspecified atom stereocenters. The molecule has 0 amide bonds. The molecule has 1 aromatic carbocycles. The number of halogens is 1. The Morgan fingerprint density at radius 2 is 2.00 bits per heavy atom. The molecule has 0 bridgehead atoms. The van der Waals surface area contributed by atoms with Crippen molar-refractivity contribution < 1.29 is 0 Å². The Hall–Kier alpha value is -2.37. The molecule has 5 nitrogen and oxygen atoms in total. The second-order valence-corrected chi connectivity index (χ2v) is 8.41. The van der Waals surface area contributed by atoms with Crippen LogP contribution in [0.15, 0.2) is 36.8 Å². The Balaban J connectivity index is 1.68. The monoisotopic (exact) mass is 393 g/mol. The van der Waals surface area contributed by atoms with E-state index in [1.807, 2.05) is 12.3 Å². The van der Waals surface area contributed by atoms with Gasteiger partial charge in [-0.1, -0.05) is 31.5 Å². The van der Waals surface area contributed by atoms with Crippen LogP contribution in [-0.4, -0.2) is 32.7 Å². The number of fused-ring (bicyclic) bond motifs is 2. The molecule has 144 valence electrons. The average molecular weight is 394 g/mol. The van der Waals surface area contributed by atoms with Gasteiger partial charge in [-0.15, -0.1) is 0 Å². The van der Waals surface area contributed by atoms with Crippen molar-refractivity contribution in [2.45, 2.75) is 38.5 Å². The maximum atomic E-state index is 6.47. The van der Waals surface area contributed by atoms with Crippen molar-refractivity contribution in [1.29, 1.82) is 0 Å². The zero-order chi connectivity index (χ0) is 19.3. The second kappa shape index (κ2) is 6.90. The topological polar surface area (TPSA) is 58.0 Å². The number of pyridine rings is 1. The summed E-state index contributed by atoms with van der Waals surface area (Å²) in [7, 11) is 0. The van der Waals surface area contributed by atoms with E-state index in [2.05, 4.69) is 52.4 Å². The molecule has 1 fully saturated rings. The minimum absolute atomic E-state index is 0.386. The number of nitrogens with one attached hydrogen (secondary N) is 2. The normalized spacial score (nSPS) is 15.9. The lowest BCUT2D eigenvalue weighted by Crippen LogP contribution is -2.26. The van der Waals surface area contributed by atoms with Gasteiger partial charge in [-0.3, -0.25) is 0 Å². The molecule has 5 rings (SSSR count). The summed E-state index contributed by atoms with van der Waals surface area (Å²) in [4.78, 5) is 7.86. The lowest BCUT2D eigenvalue weighted by molar-refractivity contribution is 0.460. The molecule has 0 radical (unpaired) electrons. The summed E-state index contributed by atoms with van der Waals surface area (Å²) in [6, 6.07) is 8.90. The number of piperidine rings is 1. The van der Waals surface area contributed by atoms with Gasteiger partial charge in [0.15, 0.2) is 5.65 Å². The first-order valence-electron chi connectivity index (χ1n) is 9.97. The fourth-order valence-electron chi connectivity index (χ4n) is 4.49. The van der Waals surface area contributed by atoms with Crippen molar-refractivity contribution >= 4 is 28.2 Å². The van der Waals surface area contributed by atoms with Crippen molar-refractivity contribution in [3.05, 3.63) is 52.9 Å². The molecule has 4 aromatic rings. The van der Waals surface area contributed by atoms with Crippen LogP contribution in [0.2, 0.25) is 5.02 Å². The van der Waals surface area contributed by atoms with Gasteiger partial charge in [-0.25, -0.2) is 9.50 Å². The third-order valence-corrected chi connectivity index (χ3v) is 6.15. The van der Waals surface area contributed by atoms with E-state index < -0.39 is 0 Å². The van der Waals surface area contributed by atoms with E-state index >= 15 is 0 Å². The van der Waals surface area contributed by atoms with Gasteiger partial charge in [-0.2, -0.15) is 5.10 Å². The number of hydrogen-bond donors (Lipinski definition) is 2. The maximum absolute atomic E-state index is 6.47. The Morgan fingerprint density at radius 3 is 2.79 bits per heavy atom. The SMILES string of the molecule is CC(C)c1c(-c2cc(Cl)c3ncnn3c2)[nH]c2ccc(C3CCNCC3)cc12. The number of hydrogen-bond acceptors (Lipinski definition) is 3. The number of rotatable bonds is 3. The van der Waals surface area contributed by atoms with Crippen LogP contribution in [0.1, 0.15) is 49.7 Å². The zero-order valence-corrected chi connectivity index (χ0v) is 16.9. The van der Waals surface area contributed by atoms with Crippen molar-refractivity contribution in [3.8, 4) is 11.3 Å². The van der Waals surface area contributed by atoms with Gasteiger partial charge in [0.2, 0.25) is 0 Å². The van der Waals surface area contributed by atoms with E-state index in [0.717, 1.165) is 24.3 Å². The predicted octanol–water partition coefficient (Wildman–Crippen LogP) is 5.12.